The van der Waals surface area contributed by atoms with E-state index in [2.05, 4.69) is 0 Å². The molecule has 3 fully saturated rings. The number of hydrogen-bond acceptors (Lipinski definition) is 6. The maximum atomic E-state index is 6.19. The van der Waals surface area contributed by atoms with Gasteiger partial charge in [-0.05, 0) is 26.3 Å². The maximum absolute atomic E-state index is 6.19. The third kappa shape index (κ3) is 3.22. The summed E-state index contributed by atoms with van der Waals surface area (Å²) in [4.78, 5) is 0. The average molecular weight is 336 g/mol. The Labute approximate surface area is 141 Å². The van der Waals surface area contributed by atoms with Crippen LogP contribution in [0.15, 0.2) is 30.3 Å². The van der Waals surface area contributed by atoms with Gasteiger partial charge in [-0.3, -0.25) is 0 Å². The van der Waals surface area contributed by atoms with Crippen molar-refractivity contribution in [1.82, 2.24) is 0 Å². The number of rotatable bonds is 4. The predicted octanol–water partition coefficient (Wildman–Crippen LogP) is 2.21. The third-order valence-corrected chi connectivity index (χ3v) is 4.54. The molecule has 0 amide bonds. The first-order valence-corrected chi connectivity index (χ1v) is 8.45. The number of benzene rings is 1. The Hall–Kier alpha value is -1.02. The Morgan fingerprint density at radius 3 is 2.58 bits per heavy atom. The van der Waals surface area contributed by atoms with Gasteiger partial charge in [-0.15, -0.1) is 0 Å². The molecule has 1 unspecified atom stereocenters. The second-order valence-electron chi connectivity index (χ2n) is 6.91. The normalized spacial score (nSPS) is 40.8. The molecule has 1 aromatic rings. The number of ether oxygens (including phenoxy) is 6. The van der Waals surface area contributed by atoms with Crippen molar-refractivity contribution in [2.75, 3.05) is 6.61 Å². The summed E-state index contributed by atoms with van der Waals surface area (Å²) in [5.41, 5.74) is 1.11. The second-order valence-corrected chi connectivity index (χ2v) is 6.91. The molecular formula is C18H24O6. The molecule has 3 heterocycles. The first kappa shape index (κ1) is 16.4. The lowest BCUT2D eigenvalue weighted by Crippen LogP contribution is -2.43. The molecule has 3 aliphatic rings. The molecule has 3 saturated heterocycles. The van der Waals surface area contributed by atoms with Crippen LogP contribution in [0, 0.1) is 0 Å². The maximum Gasteiger partial charge on any atom is 0.190 e. The Morgan fingerprint density at radius 1 is 1.08 bits per heavy atom. The van der Waals surface area contributed by atoms with Gasteiger partial charge in [0.1, 0.15) is 24.4 Å². The number of hydrogen-bond donors (Lipinski definition) is 0. The van der Waals surface area contributed by atoms with Gasteiger partial charge in [0.05, 0.1) is 13.2 Å². The molecule has 132 valence electrons. The van der Waals surface area contributed by atoms with E-state index in [1.807, 2.05) is 51.1 Å². The topological polar surface area (TPSA) is 55.4 Å². The van der Waals surface area contributed by atoms with Crippen LogP contribution in [0.1, 0.15) is 26.3 Å². The standard InChI is InChI=1S/C18H24O6/c1-11-19-10-13(21-11)14-15(20-9-12-7-5-4-6-8-12)16-17(22-14)24-18(2,3)23-16/h4-8,11,13-17H,9-10H2,1-3H3/t11?,13-,14-,15+,16-,17-/m1/s1. The fourth-order valence-electron chi connectivity index (χ4n) is 3.49. The molecule has 0 radical (unpaired) electrons. The molecule has 3 aliphatic heterocycles. The van der Waals surface area contributed by atoms with E-state index in [0.29, 0.717) is 13.2 Å². The summed E-state index contributed by atoms with van der Waals surface area (Å²) >= 11 is 0. The second kappa shape index (κ2) is 6.37. The lowest BCUT2D eigenvalue weighted by Gasteiger charge is -2.28. The summed E-state index contributed by atoms with van der Waals surface area (Å²) in [7, 11) is 0. The minimum absolute atomic E-state index is 0.179. The van der Waals surface area contributed by atoms with Gasteiger partial charge in [-0.25, -0.2) is 0 Å². The molecule has 6 heteroatoms. The number of fused-ring (bicyclic) bond motifs is 1. The van der Waals surface area contributed by atoms with Gasteiger partial charge in [-0.2, -0.15) is 0 Å². The molecule has 0 N–H and O–H groups in total. The Bertz CT molecular complexity index is 562. The van der Waals surface area contributed by atoms with Crippen LogP contribution >= 0.6 is 0 Å². The zero-order chi connectivity index (χ0) is 16.7. The lowest BCUT2D eigenvalue weighted by molar-refractivity contribution is -0.231. The summed E-state index contributed by atoms with van der Waals surface area (Å²) in [6.45, 7) is 6.62. The molecule has 0 aliphatic carbocycles. The molecule has 24 heavy (non-hydrogen) atoms. The molecule has 6 atom stereocenters. The van der Waals surface area contributed by atoms with E-state index >= 15 is 0 Å². The highest BCUT2D eigenvalue weighted by molar-refractivity contribution is 5.13. The summed E-state index contributed by atoms with van der Waals surface area (Å²) < 4.78 is 35.5. The van der Waals surface area contributed by atoms with Crippen molar-refractivity contribution in [2.45, 2.75) is 70.2 Å². The summed E-state index contributed by atoms with van der Waals surface area (Å²) in [6.07, 6.45) is -1.66. The molecule has 4 rings (SSSR count). The van der Waals surface area contributed by atoms with Crippen molar-refractivity contribution in [3.05, 3.63) is 35.9 Å². The SMILES string of the molecule is CC1OC[C@H]([C@H]2O[C@@H]3OC(C)(C)O[C@@H]3[C@H]2OCc2ccccc2)O1. The largest absolute Gasteiger partial charge is 0.368 e. The van der Waals surface area contributed by atoms with Crippen LogP contribution < -0.4 is 0 Å². The van der Waals surface area contributed by atoms with Gasteiger partial charge in [0, 0.05) is 0 Å². The van der Waals surface area contributed by atoms with E-state index < -0.39 is 12.1 Å². The fraction of sp³-hybridized carbons (Fsp3) is 0.667. The molecular weight excluding hydrogens is 312 g/mol. The third-order valence-electron chi connectivity index (χ3n) is 4.54. The molecule has 0 bridgehead atoms. The highest BCUT2D eigenvalue weighted by Gasteiger charge is 2.58. The van der Waals surface area contributed by atoms with Crippen LogP contribution in [0.3, 0.4) is 0 Å². The van der Waals surface area contributed by atoms with Crippen LogP contribution in [-0.2, 0) is 35.0 Å². The smallest absolute Gasteiger partial charge is 0.190 e. The van der Waals surface area contributed by atoms with Gasteiger partial charge >= 0.3 is 0 Å². The zero-order valence-electron chi connectivity index (χ0n) is 14.2. The van der Waals surface area contributed by atoms with E-state index in [1.165, 1.54) is 0 Å². The van der Waals surface area contributed by atoms with Crippen LogP contribution in [-0.4, -0.2) is 49.4 Å². The van der Waals surface area contributed by atoms with Gasteiger partial charge in [0.15, 0.2) is 18.4 Å². The first-order chi connectivity index (χ1) is 11.5. The van der Waals surface area contributed by atoms with Crippen molar-refractivity contribution in [3.8, 4) is 0 Å². The Morgan fingerprint density at radius 2 is 1.88 bits per heavy atom. The van der Waals surface area contributed by atoms with Crippen molar-refractivity contribution >= 4 is 0 Å². The highest BCUT2D eigenvalue weighted by atomic mass is 16.8. The van der Waals surface area contributed by atoms with Gasteiger partial charge in [0.2, 0.25) is 0 Å². The monoisotopic (exact) mass is 336 g/mol. The quantitative estimate of drug-likeness (QED) is 0.840. The van der Waals surface area contributed by atoms with E-state index in [9.17, 15) is 0 Å². The molecule has 0 aromatic heterocycles. The van der Waals surface area contributed by atoms with Crippen molar-refractivity contribution in [2.24, 2.45) is 0 Å². The zero-order valence-corrected chi connectivity index (χ0v) is 14.2. The van der Waals surface area contributed by atoms with E-state index in [0.717, 1.165) is 5.56 Å². The summed E-state index contributed by atoms with van der Waals surface area (Å²) in [6, 6.07) is 10.1. The minimum Gasteiger partial charge on any atom is -0.368 e. The van der Waals surface area contributed by atoms with E-state index in [-0.39, 0.29) is 30.7 Å². The Balaban J connectivity index is 1.49. The average Bonchev–Trinajstić information content (AvgIpc) is 3.18. The summed E-state index contributed by atoms with van der Waals surface area (Å²) in [5, 5.41) is 0. The molecule has 1 aromatic carbocycles. The molecule has 0 saturated carbocycles. The Kier molecular flexibility index (Phi) is 4.36. The van der Waals surface area contributed by atoms with Gasteiger partial charge in [-0.1, -0.05) is 30.3 Å². The van der Waals surface area contributed by atoms with E-state index in [1.54, 1.807) is 0 Å². The first-order valence-electron chi connectivity index (χ1n) is 8.45. The van der Waals surface area contributed by atoms with Crippen molar-refractivity contribution in [1.29, 1.82) is 0 Å². The summed E-state index contributed by atoms with van der Waals surface area (Å²) in [5.74, 6) is -0.672. The van der Waals surface area contributed by atoms with Gasteiger partial charge < -0.3 is 28.4 Å². The van der Waals surface area contributed by atoms with E-state index in [4.69, 9.17) is 28.4 Å². The van der Waals surface area contributed by atoms with Crippen LogP contribution in [0.5, 0.6) is 0 Å². The van der Waals surface area contributed by atoms with Crippen molar-refractivity contribution in [3.63, 3.8) is 0 Å². The molecule has 6 nitrogen and oxygen atoms in total. The van der Waals surface area contributed by atoms with Gasteiger partial charge in [0.25, 0.3) is 0 Å². The van der Waals surface area contributed by atoms with Crippen LogP contribution in [0.25, 0.3) is 0 Å². The fourth-order valence-corrected chi connectivity index (χ4v) is 3.49. The lowest BCUT2D eigenvalue weighted by atomic mass is 10.1. The minimum atomic E-state index is -0.672. The highest BCUT2D eigenvalue weighted by Crippen LogP contribution is 2.41. The predicted molar refractivity (Wildman–Crippen MR) is 84.0 cm³/mol. The molecule has 0 spiro atoms. The van der Waals surface area contributed by atoms with Crippen LogP contribution in [0.4, 0.5) is 0 Å². The van der Waals surface area contributed by atoms with Crippen LogP contribution in [0.2, 0.25) is 0 Å². The van der Waals surface area contributed by atoms with Crippen molar-refractivity contribution < 1.29 is 28.4 Å².